The number of phenols is 1. The van der Waals surface area contributed by atoms with Crippen molar-refractivity contribution in [1.82, 2.24) is 15.3 Å². The van der Waals surface area contributed by atoms with Crippen molar-refractivity contribution in [2.45, 2.75) is 12.8 Å². The van der Waals surface area contributed by atoms with E-state index in [0.29, 0.717) is 12.5 Å². The molecule has 1 aliphatic rings. The number of phenolic OH excluding ortho intramolecular Hbond substituents is 1. The SMILES string of the molecule is Oc1ccc(-c2cncc(-c3cncc(OCC4CCCNC4)c3)c2)cc1. The molecule has 3 heterocycles. The van der Waals surface area contributed by atoms with Crippen LogP contribution >= 0.6 is 0 Å². The summed E-state index contributed by atoms with van der Waals surface area (Å²) >= 11 is 0. The van der Waals surface area contributed by atoms with Crippen LogP contribution in [-0.2, 0) is 0 Å². The second-order valence-electron chi connectivity index (χ2n) is 6.94. The summed E-state index contributed by atoms with van der Waals surface area (Å²) in [5.41, 5.74) is 3.96. The van der Waals surface area contributed by atoms with Crippen LogP contribution in [0.1, 0.15) is 12.8 Å². The molecule has 1 atom stereocenters. The lowest BCUT2D eigenvalue weighted by atomic mass is 10.0. The molecule has 3 aromatic rings. The van der Waals surface area contributed by atoms with Crippen molar-refractivity contribution >= 4 is 0 Å². The maximum Gasteiger partial charge on any atom is 0.138 e. The van der Waals surface area contributed by atoms with E-state index in [1.807, 2.05) is 36.8 Å². The highest BCUT2D eigenvalue weighted by Gasteiger charge is 2.14. The highest BCUT2D eigenvalue weighted by molar-refractivity contribution is 5.72. The fourth-order valence-corrected chi connectivity index (χ4v) is 3.35. The average Bonchev–Trinajstić information content (AvgIpc) is 2.74. The van der Waals surface area contributed by atoms with Crippen LogP contribution in [-0.4, -0.2) is 34.8 Å². The molecule has 0 spiro atoms. The van der Waals surface area contributed by atoms with Gasteiger partial charge in [0, 0.05) is 47.7 Å². The second kappa shape index (κ2) is 8.18. The molecular formula is C22H23N3O2. The lowest BCUT2D eigenvalue weighted by Gasteiger charge is -2.22. The predicted octanol–water partition coefficient (Wildman–Crippen LogP) is 3.89. The summed E-state index contributed by atoms with van der Waals surface area (Å²) in [6.45, 7) is 2.84. The van der Waals surface area contributed by atoms with Gasteiger partial charge in [0.1, 0.15) is 11.5 Å². The van der Waals surface area contributed by atoms with E-state index in [0.717, 1.165) is 41.1 Å². The molecule has 4 rings (SSSR count). The Balaban J connectivity index is 1.51. The maximum absolute atomic E-state index is 9.47. The van der Waals surface area contributed by atoms with Crippen LogP contribution in [0.15, 0.2) is 61.2 Å². The first-order chi connectivity index (χ1) is 13.3. The summed E-state index contributed by atoms with van der Waals surface area (Å²) in [7, 11) is 0. The zero-order valence-corrected chi connectivity index (χ0v) is 15.1. The molecule has 1 saturated heterocycles. The first-order valence-corrected chi connectivity index (χ1v) is 9.31. The van der Waals surface area contributed by atoms with Gasteiger partial charge in [-0.15, -0.1) is 0 Å². The standard InChI is InChI=1S/C22H23N3O2/c26-21-5-3-17(4-6-21)18-8-19(12-24-11-18)20-9-22(14-25-13-20)27-15-16-2-1-7-23-10-16/h3-6,8-9,11-14,16,23,26H,1-2,7,10,15H2. The smallest absolute Gasteiger partial charge is 0.138 e. The minimum Gasteiger partial charge on any atom is -0.508 e. The van der Waals surface area contributed by atoms with Gasteiger partial charge >= 0.3 is 0 Å². The fourth-order valence-electron chi connectivity index (χ4n) is 3.35. The second-order valence-corrected chi connectivity index (χ2v) is 6.94. The van der Waals surface area contributed by atoms with Gasteiger partial charge < -0.3 is 15.2 Å². The van der Waals surface area contributed by atoms with Gasteiger partial charge in [-0.25, -0.2) is 0 Å². The summed E-state index contributed by atoms with van der Waals surface area (Å²) in [6, 6.07) is 11.2. The molecule has 0 radical (unpaired) electrons. The van der Waals surface area contributed by atoms with Gasteiger partial charge in [0.05, 0.1) is 12.8 Å². The van der Waals surface area contributed by atoms with Crippen molar-refractivity contribution in [3.8, 4) is 33.8 Å². The van der Waals surface area contributed by atoms with Gasteiger partial charge in [-0.3, -0.25) is 9.97 Å². The molecule has 1 fully saturated rings. The highest BCUT2D eigenvalue weighted by Crippen LogP contribution is 2.28. The number of ether oxygens (including phenoxy) is 1. The van der Waals surface area contributed by atoms with E-state index >= 15 is 0 Å². The third-order valence-corrected chi connectivity index (χ3v) is 4.87. The topological polar surface area (TPSA) is 67.3 Å². The normalized spacial score (nSPS) is 16.8. The highest BCUT2D eigenvalue weighted by atomic mass is 16.5. The third kappa shape index (κ3) is 4.44. The van der Waals surface area contributed by atoms with E-state index in [9.17, 15) is 5.11 Å². The van der Waals surface area contributed by atoms with Crippen LogP contribution < -0.4 is 10.1 Å². The van der Waals surface area contributed by atoms with Gasteiger partial charge in [-0.2, -0.15) is 0 Å². The fraction of sp³-hybridized carbons (Fsp3) is 0.273. The van der Waals surface area contributed by atoms with Gasteiger partial charge in [0.15, 0.2) is 0 Å². The van der Waals surface area contributed by atoms with Crippen LogP contribution in [0.4, 0.5) is 0 Å². The number of nitrogens with zero attached hydrogens (tertiary/aromatic N) is 2. The zero-order valence-electron chi connectivity index (χ0n) is 15.1. The molecule has 1 aromatic carbocycles. The average molecular weight is 361 g/mol. The Hall–Kier alpha value is -2.92. The summed E-state index contributed by atoms with van der Waals surface area (Å²) in [5, 5.41) is 12.9. The van der Waals surface area contributed by atoms with E-state index in [1.165, 1.54) is 12.8 Å². The van der Waals surface area contributed by atoms with Crippen LogP contribution in [0.2, 0.25) is 0 Å². The first kappa shape index (κ1) is 17.5. The molecule has 5 nitrogen and oxygen atoms in total. The number of hydrogen-bond donors (Lipinski definition) is 2. The number of rotatable bonds is 5. The first-order valence-electron chi connectivity index (χ1n) is 9.31. The van der Waals surface area contributed by atoms with Crippen LogP contribution in [0, 0.1) is 5.92 Å². The molecule has 1 unspecified atom stereocenters. The number of aromatic nitrogens is 2. The Morgan fingerprint density at radius 2 is 1.63 bits per heavy atom. The van der Waals surface area contributed by atoms with Crippen molar-refractivity contribution in [2.75, 3.05) is 19.7 Å². The molecule has 0 bridgehead atoms. The molecule has 2 aromatic heterocycles. The molecular weight excluding hydrogens is 338 g/mol. The summed E-state index contributed by atoms with van der Waals surface area (Å²) in [4.78, 5) is 8.71. The summed E-state index contributed by atoms with van der Waals surface area (Å²) in [5.74, 6) is 1.60. The molecule has 0 aliphatic carbocycles. The lowest BCUT2D eigenvalue weighted by Crippen LogP contribution is -2.33. The van der Waals surface area contributed by atoms with Gasteiger partial charge in [-0.05, 0) is 49.2 Å². The number of benzene rings is 1. The van der Waals surface area contributed by atoms with Crippen molar-refractivity contribution < 1.29 is 9.84 Å². The van der Waals surface area contributed by atoms with Crippen molar-refractivity contribution in [3.05, 3.63) is 61.2 Å². The van der Waals surface area contributed by atoms with E-state index in [4.69, 9.17) is 4.74 Å². The Bertz CT molecular complexity index is 890. The Morgan fingerprint density at radius 1 is 0.926 bits per heavy atom. The maximum atomic E-state index is 9.47. The zero-order chi connectivity index (χ0) is 18.5. The molecule has 27 heavy (non-hydrogen) atoms. The van der Waals surface area contributed by atoms with Crippen LogP contribution in [0.5, 0.6) is 11.5 Å². The minimum atomic E-state index is 0.255. The molecule has 2 N–H and O–H groups in total. The number of hydrogen-bond acceptors (Lipinski definition) is 5. The van der Waals surface area contributed by atoms with Crippen LogP contribution in [0.25, 0.3) is 22.3 Å². The van der Waals surface area contributed by atoms with E-state index in [2.05, 4.69) is 21.4 Å². The van der Waals surface area contributed by atoms with Crippen molar-refractivity contribution in [1.29, 1.82) is 0 Å². The van der Waals surface area contributed by atoms with Crippen LogP contribution in [0.3, 0.4) is 0 Å². The summed E-state index contributed by atoms with van der Waals surface area (Å²) in [6.07, 6.45) is 9.65. The molecule has 0 saturated carbocycles. The number of pyridine rings is 2. The number of piperidine rings is 1. The molecule has 0 amide bonds. The molecule has 138 valence electrons. The third-order valence-electron chi connectivity index (χ3n) is 4.87. The Morgan fingerprint density at radius 3 is 2.37 bits per heavy atom. The van der Waals surface area contributed by atoms with E-state index in [1.54, 1.807) is 18.3 Å². The molecule has 5 heteroatoms. The minimum absolute atomic E-state index is 0.255. The Labute approximate surface area is 159 Å². The summed E-state index contributed by atoms with van der Waals surface area (Å²) < 4.78 is 5.98. The van der Waals surface area contributed by atoms with Crippen molar-refractivity contribution in [3.63, 3.8) is 0 Å². The van der Waals surface area contributed by atoms with Gasteiger partial charge in [-0.1, -0.05) is 12.1 Å². The number of nitrogens with one attached hydrogen (secondary N) is 1. The number of aromatic hydroxyl groups is 1. The van der Waals surface area contributed by atoms with E-state index < -0.39 is 0 Å². The monoisotopic (exact) mass is 361 g/mol. The van der Waals surface area contributed by atoms with Gasteiger partial charge in [0.25, 0.3) is 0 Å². The predicted molar refractivity (Wildman–Crippen MR) is 106 cm³/mol. The van der Waals surface area contributed by atoms with Crippen molar-refractivity contribution in [2.24, 2.45) is 5.92 Å². The quantitative estimate of drug-likeness (QED) is 0.721. The molecule has 1 aliphatic heterocycles. The largest absolute Gasteiger partial charge is 0.508 e. The van der Waals surface area contributed by atoms with Gasteiger partial charge in [0.2, 0.25) is 0 Å². The lowest BCUT2D eigenvalue weighted by molar-refractivity contribution is 0.218. The van der Waals surface area contributed by atoms with E-state index in [-0.39, 0.29) is 5.75 Å². The Kier molecular flexibility index (Phi) is 5.30.